The fourth-order valence-electron chi connectivity index (χ4n) is 2.94. The van der Waals surface area contributed by atoms with Gasteiger partial charge >= 0.3 is 0 Å². The highest BCUT2D eigenvalue weighted by atomic mass is 35.5. The lowest BCUT2D eigenvalue weighted by molar-refractivity contribution is 0.258. The smallest absolute Gasteiger partial charge is 0.144 e. The molecule has 1 aromatic heterocycles. The fourth-order valence-corrected chi connectivity index (χ4v) is 2.94. The third-order valence-electron chi connectivity index (χ3n) is 4.11. The van der Waals surface area contributed by atoms with E-state index in [0.717, 1.165) is 36.8 Å². The van der Waals surface area contributed by atoms with Crippen molar-refractivity contribution in [3.05, 3.63) is 78.1 Å². The van der Waals surface area contributed by atoms with Crippen molar-refractivity contribution in [3.63, 3.8) is 0 Å². The average Bonchev–Trinajstić information content (AvgIpc) is 3.10. The predicted molar refractivity (Wildman–Crippen MR) is 107 cm³/mol. The Kier molecular flexibility index (Phi) is 7.66. The van der Waals surface area contributed by atoms with Gasteiger partial charge in [-0.15, -0.1) is 12.4 Å². The van der Waals surface area contributed by atoms with Gasteiger partial charge in [0.15, 0.2) is 0 Å². The number of rotatable bonds is 8. The summed E-state index contributed by atoms with van der Waals surface area (Å²) in [7, 11) is 1.68. The largest absolute Gasteiger partial charge is 0.494 e. The Labute approximate surface area is 160 Å². The summed E-state index contributed by atoms with van der Waals surface area (Å²) < 4.78 is 7.42. The second-order valence-electron chi connectivity index (χ2n) is 5.89. The monoisotopic (exact) mass is 372 g/mol. The van der Waals surface area contributed by atoms with E-state index in [2.05, 4.69) is 34.3 Å². The fraction of sp³-hybridized carbons (Fsp3) is 0.250. The Hall–Kier alpha value is -2.34. The summed E-state index contributed by atoms with van der Waals surface area (Å²) in [5.74, 6) is 0.806. The maximum Gasteiger partial charge on any atom is 0.144 e. The molecule has 2 N–H and O–H groups in total. The zero-order valence-corrected chi connectivity index (χ0v) is 15.7. The van der Waals surface area contributed by atoms with E-state index in [-0.39, 0.29) is 12.4 Å². The highest BCUT2D eigenvalue weighted by Crippen LogP contribution is 2.23. The number of benzene rings is 2. The molecule has 0 unspecified atom stereocenters. The van der Waals surface area contributed by atoms with E-state index < -0.39 is 0 Å². The zero-order valence-electron chi connectivity index (χ0n) is 14.9. The minimum atomic E-state index is 0. The van der Waals surface area contributed by atoms with Crippen LogP contribution in [0.15, 0.2) is 66.9 Å². The highest BCUT2D eigenvalue weighted by Gasteiger charge is 2.13. The number of nitrogens with two attached hydrogens (primary N) is 1. The first-order valence-electron chi connectivity index (χ1n) is 8.44. The minimum absolute atomic E-state index is 0. The van der Waals surface area contributed by atoms with E-state index in [9.17, 15) is 0 Å². The van der Waals surface area contributed by atoms with Crippen molar-refractivity contribution in [1.82, 2.24) is 14.7 Å². The van der Waals surface area contributed by atoms with Crippen molar-refractivity contribution in [3.8, 4) is 11.4 Å². The molecule has 0 saturated heterocycles. The van der Waals surface area contributed by atoms with Crippen LogP contribution in [0.2, 0.25) is 0 Å². The first kappa shape index (κ1) is 20.0. The van der Waals surface area contributed by atoms with Gasteiger partial charge < -0.3 is 10.5 Å². The van der Waals surface area contributed by atoms with Gasteiger partial charge in [0.25, 0.3) is 0 Å². The van der Waals surface area contributed by atoms with Gasteiger partial charge in [0.2, 0.25) is 0 Å². The zero-order chi connectivity index (χ0) is 17.5. The Morgan fingerprint density at radius 2 is 1.73 bits per heavy atom. The van der Waals surface area contributed by atoms with Crippen molar-refractivity contribution < 1.29 is 4.74 Å². The Morgan fingerprint density at radius 1 is 1.00 bits per heavy atom. The minimum Gasteiger partial charge on any atom is -0.494 e. The molecule has 1 heterocycles. The van der Waals surface area contributed by atoms with Crippen LogP contribution in [0.4, 0.5) is 0 Å². The third kappa shape index (κ3) is 4.85. The van der Waals surface area contributed by atoms with Gasteiger partial charge in [-0.05, 0) is 23.8 Å². The SMILES string of the molecule is COc1ccccc1-n1nccc1CN(CCN)Cc1ccccc1.Cl. The third-order valence-corrected chi connectivity index (χ3v) is 4.11. The van der Waals surface area contributed by atoms with Crippen LogP contribution in [0.25, 0.3) is 5.69 Å². The predicted octanol–water partition coefficient (Wildman–Crippen LogP) is 3.26. The average molecular weight is 373 g/mol. The van der Waals surface area contributed by atoms with Crippen LogP contribution in [0.1, 0.15) is 11.3 Å². The molecule has 0 radical (unpaired) electrons. The molecule has 0 amide bonds. The molecular formula is C20H25ClN4O. The molecule has 6 heteroatoms. The van der Waals surface area contributed by atoms with Gasteiger partial charge in [0.05, 0.1) is 12.8 Å². The van der Waals surface area contributed by atoms with Crippen LogP contribution in [0.3, 0.4) is 0 Å². The molecule has 0 aliphatic heterocycles. The van der Waals surface area contributed by atoms with Gasteiger partial charge in [-0.25, -0.2) is 4.68 Å². The summed E-state index contributed by atoms with van der Waals surface area (Å²) in [5.41, 5.74) is 9.15. The number of para-hydroxylation sites is 2. The van der Waals surface area contributed by atoms with Crippen molar-refractivity contribution in [1.29, 1.82) is 0 Å². The first-order valence-corrected chi connectivity index (χ1v) is 8.44. The van der Waals surface area contributed by atoms with E-state index in [4.69, 9.17) is 10.5 Å². The highest BCUT2D eigenvalue weighted by molar-refractivity contribution is 5.85. The second kappa shape index (κ2) is 9.97. The summed E-state index contributed by atoms with van der Waals surface area (Å²) in [6.45, 7) is 3.07. The van der Waals surface area contributed by atoms with E-state index in [0.29, 0.717) is 6.54 Å². The van der Waals surface area contributed by atoms with Gasteiger partial charge in [-0.1, -0.05) is 42.5 Å². The number of halogens is 1. The molecule has 138 valence electrons. The van der Waals surface area contributed by atoms with Gasteiger partial charge in [0.1, 0.15) is 11.4 Å². The quantitative estimate of drug-likeness (QED) is 0.659. The van der Waals surface area contributed by atoms with Gasteiger partial charge in [0, 0.05) is 32.4 Å². The van der Waals surface area contributed by atoms with E-state index in [1.807, 2.05) is 47.3 Å². The lowest BCUT2D eigenvalue weighted by Gasteiger charge is -2.22. The van der Waals surface area contributed by atoms with Crippen LogP contribution >= 0.6 is 12.4 Å². The number of hydrogen-bond acceptors (Lipinski definition) is 4. The molecular weight excluding hydrogens is 348 g/mol. The summed E-state index contributed by atoms with van der Waals surface area (Å²) >= 11 is 0. The second-order valence-corrected chi connectivity index (χ2v) is 5.89. The standard InChI is InChI=1S/C20H24N4O.ClH/c1-25-20-10-6-5-9-19(20)24-18(11-13-22-24)16-23(14-12-21)15-17-7-3-2-4-8-17;/h2-11,13H,12,14-16,21H2,1H3;1H. The summed E-state index contributed by atoms with van der Waals surface area (Å²) in [4.78, 5) is 2.33. The Morgan fingerprint density at radius 3 is 2.46 bits per heavy atom. The number of aromatic nitrogens is 2. The molecule has 3 rings (SSSR count). The van der Waals surface area contributed by atoms with Crippen LogP contribution in [0.5, 0.6) is 5.75 Å². The maximum absolute atomic E-state index is 5.82. The molecule has 3 aromatic rings. The molecule has 0 atom stereocenters. The number of nitrogens with zero attached hydrogens (tertiary/aromatic N) is 3. The van der Waals surface area contributed by atoms with E-state index >= 15 is 0 Å². The maximum atomic E-state index is 5.82. The molecule has 0 aliphatic rings. The van der Waals surface area contributed by atoms with Crippen molar-refractivity contribution >= 4 is 12.4 Å². The Bertz CT molecular complexity index is 791. The lowest BCUT2D eigenvalue weighted by atomic mass is 10.2. The normalized spacial score (nSPS) is 10.6. The molecule has 0 saturated carbocycles. The molecule has 2 aromatic carbocycles. The number of methoxy groups -OCH3 is 1. The molecule has 5 nitrogen and oxygen atoms in total. The molecule has 0 spiro atoms. The van der Waals surface area contributed by atoms with E-state index in [1.165, 1.54) is 5.56 Å². The van der Waals surface area contributed by atoms with Crippen LogP contribution in [-0.4, -0.2) is 34.9 Å². The molecule has 0 aliphatic carbocycles. The van der Waals surface area contributed by atoms with Crippen LogP contribution in [-0.2, 0) is 13.1 Å². The first-order chi connectivity index (χ1) is 12.3. The number of ether oxygens (including phenoxy) is 1. The number of hydrogen-bond donors (Lipinski definition) is 1. The molecule has 0 bridgehead atoms. The van der Waals surface area contributed by atoms with E-state index in [1.54, 1.807) is 7.11 Å². The van der Waals surface area contributed by atoms with Crippen LogP contribution in [0, 0.1) is 0 Å². The summed E-state index contributed by atoms with van der Waals surface area (Å²) in [6, 6.07) is 20.4. The van der Waals surface area contributed by atoms with Crippen molar-refractivity contribution in [2.24, 2.45) is 5.73 Å². The summed E-state index contributed by atoms with van der Waals surface area (Å²) in [6.07, 6.45) is 1.82. The Balaban J connectivity index is 0.00000243. The van der Waals surface area contributed by atoms with Gasteiger partial charge in [-0.2, -0.15) is 5.10 Å². The summed E-state index contributed by atoms with van der Waals surface area (Å²) in [5, 5.41) is 4.49. The van der Waals surface area contributed by atoms with Crippen LogP contribution < -0.4 is 10.5 Å². The topological polar surface area (TPSA) is 56.3 Å². The lowest BCUT2D eigenvalue weighted by Crippen LogP contribution is -2.29. The molecule has 0 fully saturated rings. The van der Waals surface area contributed by atoms with Crippen molar-refractivity contribution in [2.75, 3.05) is 20.2 Å². The molecule has 26 heavy (non-hydrogen) atoms. The van der Waals surface area contributed by atoms with Gasteiger partial charge in [-0.3, -0.25) is 4.90 Å². The van der Waals surface area contributed by atoms with Crippen molar-refractivity contribution in [2.45, 2.75) is 13.1 Å².